The summed E-state index contributed by atoms with van der Waals surface area (Å²) in [5, 5.41) is 3.40. The van der Waals surface area contributed by atoms with E-state index in [1.54, 1.807) is 0 Å². The van der Waals surface area contributed by atoms with Crippen LogP contribution < -0.4 is 5.32 Å². The van der Waals surface area contributed by atoms with Crippen molar-refractivity contribution in [1.29, 1.82) is 0 Å². The molecule has 1 N–H and O–H groups in total. The molecule has 5 nitrogen and oxygen atoms in total. The van der Waals surface area contributed by atoms with Gasteiger partial charge in [0.25, 0.3) is 0 Å². The highest BCUT2D eigenvalue weighted by atomic mass is 16.5. The highest BCUT2D eigenvalue weighted by Crippen LogP contribution is 2.23. The number of ether oxygens (including phenoxy) is 1. The number of piperidine rings is 2. The monoisotopic (exact) mass is 351 g/mol. The van der Waals surface area contributed by atoms with Gasteiger partial charge in [-0.1, -0.05) is 0 Å². The standard InChI is InChI=1S/C20H37N3O2/c1-16-13-22(14-17(2)25-16)15-19-7-11-23(12-8-19)20(24)4-3-18-5-9-21-10-6-18/h16-19,21H,3-15H2,1-2H3. The predicted molar refractivity (Wildman–Crippen MR) is 101 cm³/mol. The summed E-state index contributed by atoms with van der Waals surface area (Å²) < 4.78 is 5.83. The number of likely N-dealkylation sites (tertiary alicyclic amines) is 1. The van der Waals surface area contributed by atoms with Gasteiger partial charge in [0, 0.05) is 39.1 Å². The maximum atomic E-state index is 12.5. The molecule has 0 bridgehead atoms. The van der Waals surface area contributed by atoms with Gasteiger partial charge in [0.15, 0.2) is 0 Å². The van der Waals surface area contributed by atoms with E-state index in [4.69, 9.17) is 4.74 Å². The molecule has 3 aliphatic rings. The lowest BCUT2D eigenvalue weighted by molar-refractivity contribution is -0.133. The number of nitrogens with zero attached hydrogens (tertiary/aromatic N) is 2. The van der Waals surface area contributed by atoms with Gasteiger partial charge in [0.1, 0.15) is 0 Å². The van der Waals surface area contributed by atoms with Gasteiger partial charge in [-0.2, -0.15) is 0 Å². The van der Waals surface area contributed by atoms with Gasteiger partial charge in [0.05, 0.1) is 12.2 Å². The van der Waals surface area contributed by atoms with Crippen molar-refractivity contribution in [1.82, 2.24) is 15.1 Å². The molecule has 0 radical (unpaired) electrons. The lowest BCUT2D eigenvalue weighted by atomic mass is 9.92. The molecule has 3 heterocycles. The number of hydrogen-bond donors (Lipinski definition) is 1. The highest BCUT2D eigenvalue weighted by Gasteiger charge is 2.28. The molecule has 3 aliphatic heterocycles. The van der Waals surface area contributed by atoms with Crippen LogP contribution in [0.1, 0.15) is 52.4 Å². The summed E-state index contributed by atoms with van der Waals surface area (Å²) in [6.45, 7) is 11.8. The van der Waals surface area contributed by atoms with Gasteiger partial charge >= 0.3 is 0 Å². The summed E-state index contributed by atoms with van der Waals surface area (Å²) in [5.74, 6) is 1.89. The van der Waals surface area contributed by atoms with Crippen LogP contribution >= 0.6 is 0 Å². The van der Waals surface area contributed by atoms with E-state index in [9.17, 15) is 4.79 Å². The van der Waals surface area contributed by atoms with Crippen molar-refractivity contribution < 1.29 is 9.53 Å². The van der Waals surface area contributed by atoms with Gasteiger partial charge in [-0.15, -0.1) is 0 Å². The molecule has 0 aromatic carbocycles. The Kier molecular flexibility index (Phi) is 7.14. The third-order valence-electron chi connectivity index (χ3n) is 6.20. The van der Waals surface area contributed by atoms with E-state index in [2.05, 4.69) is 29.0 Å². The molecule has 0 aliphatic carbocycles. The molecule has 5 heteroatoms. The first kappa shape index (κ1) is 19.1. The first-order valence-corrected chi connectivity index (χ1v) is 10.5. The minimum absolute atomic E-state index is 0.348. The Balaban J connectivity index is 1.34. The number of hydrogen-bond acceptors (Lipinski definition) is 4. The molecule has 144 valence electrons. The zero-order valence-corrected chi connectivity index (χ0v) is 16.2. The van der Waals surface area contributed by atoms with E-state index in [0.29, 0.717) is 18.1 Å². The Morgan fingerprint density at radius 2 is 1.64 bits per heavy atom. The molecule has 2 atom stereocenters. The fourth-order valence-electron chi connectivity index (χ4n) is 4.82. The van der Waals surface area contributed by atoms with Crippen molar-refractivity contribution in [3.8, 4) is 0 Å². The van der Waals surface area contributed by atoms with Crippen LogP contribution in [-0.2, 0) is 9.53 Å². The minimum Gasteiger partial charge on any atom is -0.373 e. The number of rotatable bonds is 5. The predicted octanol–water partition coefficient (Wildman–Crippen LogP) is 2.11. The summed E-state index contributed by atoms with van der Waals surface area (Å²) in [5.41, 5.74) is 0. The number of nitrogens with one attached hydrogen (secondary N) is 1. The van der Waals surface area contributed by atoms with Crippen molar-refractivity contribution >= 4 is 5.91 Å². The van der Waals surface area contributed by atoms with Crippen LogP contribution in [0.3, 0.4) is 0 Å². The minimum atomic E-state index is 0.348. The van der Waals surface area contributed by atoms with E-state index in [0.717, 1.165) is 63.9 Å². The molecule has 0 aromatic heterocycles. The van der Waals surface area contributed by atoms with Crippen LogP contribution in [0.2, 0.25) is 0 Å². The van der Waals surface area contributed by atoms with Crippen molar-refractivity contribution in [2.45, 2.75) is 64.6 Å². The zero-order valence-electron chi connectivity index (χ0n) is 16.2. The summed E-state index contributed by atoms with van der Waals surface area (Å²) >= 11 is 0. The lowest BCUT2D eigenvalue weighted by Crippen LogP contribution is -2.48. The zero-order chi connectivity index (χ0) is 17.6. The molecule has 0 spiro atoms. The maximum Gasteiger partial charge on any atom is 0.222 e. The third-order valence-corrected chi connectivity index (χ3v) is 6.20. The van der Waals surface area contributed by atoms with Crippen molar-refractivity contribution in [2.24, 2.45) is 11.8 Å². The molecule has 0 aromatic rings. The summed E-state index contributed by atoms with van der Waals surface area (Å²) in [4.78, 5) is 17.2. The first-order chi connectivity index (χ1) is 12.1. The smallest absolute Gasteiger partial charge is 0.222 e. The summed E-state index contributed by atoms with van der Waals surface area (Å²) in [6.07, 6.45) is 7.36. The van der Waals surface area contributed by atoms with Crippen LogP contribution in [0.4, 0.5) is 0 Å². The molecule has 2 unspecified atom stereocenters. The normalized spacial score (nSPS) is 30.6. The van der Waals surface area contributed by atoms with Crippen LogP contribution in [0.5, 0.6) is 0 Å². The van der Waals surface area contributed by atoms with Gasteiger partial charge in [-0.05, 0) is 70.9 Å². The Bertz CT molecular complexity index is 407. The second kappa shape index (κ2) is 9.33. The van der Waals surface area contributed by atoms with Crippen LogP contribution in [0.15, 0.2) is 0 Å². The van der Waals surface area contributed by atoms with Crippen molar-refractivity contribution in [3.05, 3.63) is 0 Å². The van der Waals surface area contributed by atoms with Gasteiger partial charge in [0.2, 0.25) is 5.91 Å². The highest BCUT2D eigenvalue weighted by molar-refractivity contribution is 5.76. The molecule has 3 fully saturated rings. The molecule has 25 heavy (non-hydrogen) atoms. The molecular weight excluding hydrogens is 314 g/mol. The number of carbonyl (C=O) groups excluding carboxylic acids is 1. The van der Waals surface area contributed by atoms with E-state index in [-0.39, 0.29) is 0 Å². The van der Waals surface area contributed by atoms with Crippen molar-refractivity contribution in [2.75, 3.05) is 45.8 Å². The molecular formula is C20H37N3O2. The van der Waals surface area contributed by atoms with Crippen LogP contribution in [0.25, 0.3) is 0 Å². The Labute approximate surface area is 153 Å². The van der Waals surface area contributed by atoms with Crippen LogP contribution in [-0.4, -0.2) is 73.7 Å². The fourth-order valence-corrected chi connectivity index (χ4v) is 4.82. The lowest BCUT2D eigenvalue weighted by Gasteiger charge is -2.39. The van der Waals surface area contributed by atoms with E-state index >= 15 is 0 Å². The topological polar surface area (TPSA) is 44.8 Å². The number of morpholine rings is 1. The Morgan fingerprint density at radius 3 is 2.28 bits per heavy atom. The summed E-state index contributed by atoms with van der Waals surface area (Å²) in [6, 6.07) is 0. The van der Waals surface area contributed by atoms with Crippen molar-refractivity contribution in [3.63, 3.8) is 0 Å². The van der Waals surface area contributed by atoms with E-state index in [1.807, 2.05) is 0 Å². The second-order valence-electron chi connectivity index (χ2n) is 8.53. The number of amides is 1. The largest absolute Gasteiger partial charge is 0.373 e. The van der Waals surface area contributed by atoms with Gasteiger partial charge in [-0.25, -0.2) is 0 Å². The average molecular weight is 352 g/mol. The molecule has 3 saturated heterocycles. The SMILES string of the molecule is CC1CN(CC2CCN(C(=O)CCC3CCNCC3)CC2)CC(C)O1. The maximum absolute atomic E-state index is 12.5. The Hall–Kier alpha value is -0.650. The fraction of sp³-hybridized carbons (Fsp3) is 0.950. The number of carbonyl (C=O) groups is 1. The third kappa shape index (κ3) is 5.93. The molecule has 3 rings (SSSR count). The molecule has 0 saturated carbocycles. The van der Waals surface area contributed by atoms with E-state index in [1.165, 1.54) is 32.2 Å². The molecule has 1 amide bonds. The quantitative estimate of drug-likeness (QED) is 0.824. The summed E-state index contributed by atoms with van der Waals surface area (Å²) in [7, 11) is 0. The van der Waals surface area contributed by atoms with Gasteiger partial charge < -0.3 is 15.0 Å². The first-order valence-electron chi connectivity index (χ1n) is 10.5. The van der Waals surface area contributed by atoms with Crippen LogP contribution in [0, 0.1) is 11.8 Å². The average Bonchev–Trinajstić information content (AvgIpc) is 2.60. The van der Waals surface area contributed by atoms with E-state index < -0.39 is 0 Å². The van der Waals surface area contributed by atoms with Gasteiger partial charge in [-0.3, -0.25) is 9.69 Å². The second-order valence-corrected chi connectivity index (χ2v) is 8.53. The Morgan fingerprint density at radius 1 is 1.00 bits per heavy atom.